The van der Waals surface area contributed by atoms with Crippen molar-refractivity contribution in [3.63, 3.8) is 0 Å². The Bertz CT molecular complexity index is 1210. The Hall–Kier alpha value is -2.99. The van der Waals surface area contributed by atoms with E-state index in [4.69, 9.17) is 18.6 Å². The Kier molecular flexibility index (Phi) is 5.10. The van der Waals surface area contributed by atoms with Crippen molar-refractivity contribution in [2.45, 2.75) is 45.7 Å². The highest BCUT2D eigenvalue weighted by Crippen LogP contribution is 2.36. The first kappa shape index (κ1) is 19.9. The fourth-order valence-corrected chi connectivity index (χ4v) is 5.00. The van der Waals surface area contributed by atoms with Crippen LogP contribution in [0.1, 0.15) is 40.7 Å². The van der Waals surface area contributed by atoms with Crippen LogP contribution in [-0.2, 0) is 25.9 Å². The summed E-state index contributed by atoms with van der Waals surface area (Å²) in [7, 11) is 3.34. The van der Waals surface area contributed by atoms with Crippen LogP contribution in [0.5, 0.6) is 17.2 Å². The summed E-state index contributed by atoms with van der Waals surface area (Å²) in [5, 5.41) is 1.08. The van der Waals surface area contributed by atoms with E-state index >= 15 is 0 Å². The van der Waals surface area contributed by atoms with Crippen LogP contribution in [0.3, 0.4) is 0 Å². The summed E-state index contributed by atoms with van der Waals surface area (Å²) in [5.74, 6) is 2.46. The minimum Gasteiger partial charge on any atom is -0.497 e. The number of hydrogen-bond donors (Lipinski definition) is 1. The third kappa shape index (κ3) is 3.45. The van der Waals surface area contributed by atoms with E-state index in [2.05, 4.69) is 12.1 Å². The number of nitrogens with one attached hydrogen (secondary N) is 1. The zero-order chi connectivity index (χ0) is 21.5. The molecule has 0 bridgehead atoms. The first-order chi connectivity index (χ1) is 15.1. The predicted molar refractivity (Wildman–Crippen MR) is 117 cm³/mol. The van der Waals surface area contributed by atoms with E-state index in [1.54, 1.807) is 14.2 Å². The maximum atomic E-state index is 12.5. The molecule has 5 rings (SSSR count). The third-order valence-corrected chi connectivity index (χ3v) is 6.57. The smallest absolute Gasteiger partial charge is 0.339 e. The van der Waals surface area contributed by atoms with Gasteiger partial charge in [-0.3, -0.25) is 4.90 Å². The number of aryl methyl sites for hydroxylation is 2. The zero-order valence-electron chi connectivity index (χ0n) is 18.3. The molecule has 6 heteroatoms. The monoisotopic (exact) mass is 422 g/mol. The molecule has 3 aromatic rings. The van der Waals surface area contributed by atoms with Crippen LogP contribution in [0, 0.1) is 6.92 Å². The van der Waals surface area contributed by atoms with Crippen molar-refractivity contribution in [1.29, 1.82) is 0 Å². The Morgan fingerprint density at radius 1 is 1.06 bits per heavy atom. The standard InChI is InChI=1S/C25H27NO5/c1-15-23-17(10-21-19-6-4-5-7-20(19)25(27)31-24(15)21)13-26(14-30-23)12-16-8-9-18(28-2)11-22(16)29-3/h8-11H,4-7,12-14H2,1-3H3/p+1. The Morgan fingerprint density at radius 2 is 1.87 bits per heavy atom. The largest absolute Gasteiger partial charge is 0.497 e. The first-order valence-corrected chi connectivity index (χ1v) is 10.9. The minimum absolute atomic E-state index is 0.181. The van der Waals surface area contributed by atoms with Crippen molar-refractivity contribution in [1.82, 2.24) is 0 Å². The molecule has 2 aromatic carbocycles. The lowest BCUT2D eigenvalue weighted by molar-refractivity contribution is -0.945. The molecule has 1 aliphatic heterocycles. The number of ether oxygens (including phenoxy) is 3. The quantitative estimate of drug-likeness (QED) is 0.655. The van der Waals surface area contributed by atoms with Gasteiger partial charge in [-0.25, -0.2) is 4.79 Å². The van der Waals surface area contributed by atoms with Crippen molar-refractivity contribution in [3.05, 3.63) is 62.5 Å². The van der Waals surface area contributed by atoms with Gasteiger partial charge in [0.15, 0.2) is 0 Å². The number of hydrogen-bond acceptors (Lipinski definition) is 5. The van der Waals surface area contributed by atoms with E-state index in [0.717, 1.165) is 78.1 Å². The van der Waals surface area contributed by atoms with Crippen molar-refractivity contribution >= 4 is 11.0 Å². The maximum Gasteiger partial charge on any atom is 0.339 e. The molecule has 0 saturated heterocycles. The summed E-state index contributed by atoms with van der Waals surface area (Å²) in [6.45, 7) is 4.17. The van der Waals surface area contributed by atoms with Gasteiger partial charge in [0, 0.05) is 33.7 Å². The van der Waals surface area contributed by atoms with Crippen molar-refractivity contribution in [3.8, 4) is 17.2 Å². The lowest BCUT2D eigenvalue weighted by atomic mass is 9.89. The Morgan fingerprint density at radius 3 is 2.65 bits per heavy atom. The second-order valence-electron chi connectivity index (χ2n) is 8.49. The van der Waals surface area contributed by atoms with E-state index in [1.165, 1.54) is 16.0 Å². The molecule has 0 radical (unpaired) electrons. The summed E-state index contributed by atoms with van der Waals surface area (Å²) in [5.41, 5.74) is 5.75. The molecular formula is C25H28NO5+. The van der Waals surface area contributed by atoms with Gasteiger partial charge < -0.3 is 18.6 Å². The SMILES string of the molecule is COc1ccc(C[NH+]2COc3c(cc4c5c(c(=O)oc4c3C)CCCC5)C2)c(OC)c1. The van der Waals surface area contributed by atoms with Crippen LogP contribution in [0.2, 0.25) is 0 Å². The molecular weight excluding hydrogens is 394 g/mol. The molecule has 0 spiro atoms. The molecule has 31 heavy (non-hydrogen) atoms. The topological polar surface area (TPSA) is 62.3 Å². The average Bonchev–Trinajstić information content (AvgIpc) is 2.80. The number of fused-ring (bicyclic) bond motifs is 4. The molecule has 6 nitrogen and oxygen atoms in total. The van der Waals surface area contributed by atoms with Crippen LogP contribution < -0.4 is 24.7 Å². The molecule has 2 heterocycles. The second kappa shape index (κ2) is 7.93. The predicted octanol–water partition coefficient (Wildman–Crippen LogP) is 2.93. The van der Waals surface area contributed by atoms with Crippen LogP contribution >= 0.6 is 0 Å². The molecule has 1 atom stereocenters. The normalized spacial score (nSPS) is 17.6. The molecule has 2 aliphatic rings. The first-order valence-electron chi connectivity index (χ1n) is 10.9. The van der Waals surface area contributed by atoms with E-state index in [-0.39, 0.29) is 5.63 Å². The molecule has 0 amide bonds. The highest BCUT2D eigenvalue weighted by molar-refractivity contribution is 5.87. The lowest BCUT2D eigenvalue weighted by Crippen LogP contribution is -3.10. The summed E-state index contributed by atoms with van der Waals surface area (Å²) >= 11 is 0. The molecule has 0 saturated carbocycles. The van der Waals surface area contributed by atoms with Gasteiger partial charge in [-0.1, -0.05) is 0 Å². The number of benzene rings is 2. The summed E-state index contributed by atoms with van der Waals surface area (Å²) in [4.78, 5) is 13.8. The highest BCUT2D eigenvalue weighted by Gasteiger charge is 2.28. The average molecular weight is 423 g/mol. The fourth-order valence-electron chi connectivity index (χ4n) is 5.00. The molecule has 1 unspecified atom stereocenters. The molecule has 0 fully saturated rings. The van der Waals surface area contributed by atoms with Crippen molar-refractivity contribution in [2.24, 2.45) is 0 Å². The number of quaternary nitrogens is 1. The van der Waals surface area contributed by atoms with Gasteiger partial charge in [0.1, 0.15) is 35.9 Å². The summed E-state index contributed by atoms with van der Waals surface area (Å²) < 4.78 is 22.8. The van der Waals surface area contributed by atoms with Crippen LogP contribution in [0.4, 0.5) is 0 Å². The van der Waals surface area contributed by atoms with Gasteiger partial charge in [0.05, 0.1) is 14.2 Å². The zero-order valence-corrected chi connectivity index (χ0v) is 18.3. The summed E-state index contributed by atoms with van der Waals surface area (Å²) in [6.07, 6.45) is 3.93. The van der Waals surface area contributed by atoms with Crippen LogP contribution in [0.15, 0.2) is 33.5 Å². The minimum atomic E-state index is -0.181. The number of methoxy groups -OCH3 is 2. The lowest BCUT2D eigenvalue weighted by Gasteiger charge is -2.28. The van der Waals surface area contributed by atoms with Crippen LogP contribution in [-0.4, -0.2) is 21.0 Å². The Balaban J connectivity index is 1.50. The van der Waals surface area contributed by atoms with E-state index in [0.29, 0.717) is 12.3 Å². The van der Waals surface area contributed by atoms with Gasteiger partial charge in [0.2, 0.25) is 6.73 Å². The third-order valence-electron chi connectivity index (χ3n) is 6.57. The summed E-state index contributed by atoms with van der Waals surface area (Å²) in [6, 6.07) is 8.12. The molecule has 1 N–H and O–H groups in total. The van der Waals surface area contributed by atoms with Crippen molar-refractivity contribution < 1.29 is 23.5 Å². The van der Waals surface area contributed by atoms with Gasteiger partial charge in [-0.05, 0) is 56.4 Å². The molecule has 1 aliphatic carbocycles. The van der Waals surface area contributed by atoms with Gasteiger partial charge in [-0.2, -0.15) is 0 Å². The fraction of sp³-hybridized carbons (Fsp3) is 0.400. The second-order valence-corrected chi connectivity index (χ2v) is 8.49. The molecule has 1 aromatic heterocycles. The van der Waals surface area contributed by atoms with Crippen LogP contribution in [0.25, 0.3) is 11.0 Å². The van der Waals surface area contributed by atoms with E-state index in [9.17, 15) is 4.79 Å². The van der Waals surface area contributed by atoms with Crippen molar-refractivity contribution in [2.75, 3.05) is 21.0 Å². The number of rotatable bonds is 4. The van der Waals surface area contributed by atoms with E-state index in [1.807, 2.05) is 19.1 Å². The van der Waals surface area contributed by atoms with Gasteiger partial charge >= 0.3 is 5.63 Å². The maximum absolute atomic E-state index is 12.5. The van der Waals surface area contributed by atoms with E-state index < -0.39 is 0 Å². The van der Waals surface area contributed by atoms with Gasteiger partial charge in [-0.15, -0.1) is 0 Å². The molecule has 162 valence electrons. The Labute approximate surface area is 181 Å². The highest BCUT2D eigenvalue weighted by atomic mass is 16.5. The van der Waals surface area contributed by atoms with Gasteiger partial charge in [0.25, 0.3) is 0 Å².